The zero-order valence-electron chi connectivity index (χ0n) is 17.9. The van der Waals surface area contributed by atoms with E-state index < -0.39 is 11.5 Å². The molecular formula is C24H25ClN4O3. The third kappa shape index (κ3) is 4.53. The van der Waals surface area contributed by atoms with Crippen LogP contribution < -0.4 is 15.8 Å². The van der Waals surface area contributed by atoms with Crippen molar-refractivity contribution in [2.24, 2.45) is 0 Å². The van der Waals surface area contributed by atoms with Crippen LogP contribution in [0.3, 0.4) is 0 Å². The highest BCUT2D eigenvalue weighted by Gasteiger charge is 2.29. The fourth-order valence-electron chi connectivity index (χ4n) is 4.31. The lowest BCUT2D eigenvalue weighted by molar-refractivity contribution is -0.117. The van der Waals surface area contributed by atoms with Gasteiger partial charge in [-0.05, 0) is 37.1 Å². The van der Waals surface area contributed by atoms with E-state index >= 15 is 0 Å². The number of nitrogens with zero attached hydrogens (tertiary/aromatic N) is 3. The Kier molecular flexibility index (Phi) is 6.55. The molecule has 1 heterocycles. The van der Waals surface area contributed by atoms with Crippen molar-refractivity contribution in [1.82, 2.24) is 9.55 Å². The van der Waals surface area contributed by atoms with Gasteiger partial charge < -0.3 is 5.32 Å². The van der Waals surface area contributed by atoms with Crippen molar-refractivity contribution >= 4 is 46.0 Å². The lowest BCUT2D eigenvalue weighted by Crippen LogP contribution is -2.45. The van der Waals surface area contributed by atoms with Crippen LogP contribution in [-0.2, 0) is 16.1 Å². The van der Waals surface area contributed by atoms with Crippen LogP contribution in [0.2, 0.25) is 5.02 Å². The molecule has 0 aliphatic heterocycles. The minimum absolute atomic E-state index is 0.0620. The Hall–Kier alpha value is -3.19. The Morgan fingerprint density at radius 2 is 1.78 bits per heavy atom. The van der Waals surface area contributed by atoms with Gasteiger partial charge in [0.1, 0.15) is 6.54 Å². The summed E-state index contributed by atoms with van der Waals surface area (Å²) in [6.07, 6.45) is 4.81. The summed E-state index contributed by atoms with van der Waals surface area (Å²) in [6, 6.07) is 14.0. The van der Waals surface area contributed by atoms with E-state index in [4.69, 9.17) is 11.6 Å². The maximum Gasteiger partial charge on any atom is 0.294 e. The summed E-state index contributed by atoms with van der Waals surface area (Å²) < 4.78 is 1.38. The minimum Gasteiger partial charge on any atom is -0.323 e. The lowest BCUT2D eigenvalue weighted by atomic mass is 9.94. The standard InChI is InChI=1S/C24H25ClN4O3/c1-16(30)29(17-9-3-2-4-10-17)23-24(32)28(21-14-8-7-13-20(21)27-23)15-22(31)26-19-12-6-5-11-18(19)25/h5-8,11-14,17H,2-4,9-10,15H2,1H3,(H,26,31). The molecule has 4 rings (SSSR count). The number of hydrogen-bond donors (Lipinski definition) is 1. The highest BCUT2D eigenvalue weighted by molar-refractivity contribution is 6.33. The van der Waals surface area contributed by atoms with Gasteiger partial charge in [0.05, 0.1) is 21.7 Å². The van der Waals surface area contributed by atoms with E-state index in [1.54, 1.807) is 42.5 Å². The highest BCUT2D eigenvalue weighted by atomic mass is 35.5. The Labute approximate surface area is 191 Å². The van der Waals surface area contributed by atoms with E-state index in [-0.39, 0.29) is 24.3 Å². The van der Waals surface area contributed by atoms with Crippen molar-refractivity contribution in [3.05, 3.63) is 63.9 Å². The molecule has 7 nitrogen and oxygen atoms in total. The molecule has 0 unspecified atom stereocenters. The summed E-state index contributed by atoms with van der Waals surface area (Å²) in [6.45, 7) is 1.23. The molecule has 0 radical (unpaired) electrons. The van der Waals surface area contributed by atoms with Crippen molar-refractivity contribution in [2.45, 2.75) is 51.6 Å². The van der Waals surface area contributed by atoms with E-state index in [0.717, 1.165) is 32.1 Å². The number of halogens is 1. The van der Waals surface area contributed by atoms with Crippen LogP contribution in [-0.4, -0.2) is 27.4 Å². The summed E-state index contributed by atoms with van der Waals surface area (Å²) in [5.41, 5.74) is 1.09. The third-order valence-corrected chi connectivity index (χ3v) is 6.12. The molecule has 1 fully saturated rings. The SMILES string of the molecule is CC(=O)N(c1nc2ccccc2n(CC(=O)Nc2ccccc2Cl)c1=O)C1CCCCC1. The maximum absolute atomic E-state index is 13.5. The normalized spacial score (nSPS) is 14.3. The number of rotatable bonds is 5. The number of nitrogens with one attached hydrogen (secondary N) is 1. The number of fused-ring (bicyclic) bond motifs is 1. The van der Waals surface area contributed by atoms with Gasteiger partial charge in [-0.15, -0.1) is 0 Å². The topological polar surface area (TPSA) is 84.3 Å². The summed E-state index contributed by atoms with van der Waals surface area (Å²) >= 11 is 6.15. The van der Waals surface area contributed by atoms with Crippen molar-refractivity contribution < 1.29 is 9.59 Å². The van der Waals surface area contributed by atoms with Gasteiger partial charge >= 0.3 is 0 Å². The summed E-state index contributed by atoms with van der Waals surface area (Å²) in [7, 11) is 0. The minimum atomic E-state index is -0.459. The number of benzene rings is 2. The molecule has 166 valence electrons. The van der Waals surface area contributed by atoms with Crippen LogP contribution in [0, 0.1) is 0 Å². The second-order valence-corrected chi connectivity index (χ2v) is 8.43. The Morgan fingerprint density at radius 3 is 2.50 bits per heavy atom. The summed E-state index contributed by atoms with van der Waals surface area (Å²) in [5.74, 6) is -0.535. The predicted molar refractivity (Wildman–Crippen MR) is 126 cm³/mol. The first-order valence-corrected chi connectivity index (χ1v) is 11.2. The van der Waals surface area contributed by atoms with Gasteiger partial charge in [-0.25, -0.2) is 4.98 Å². The van der Waals surface area contributed by atoms with Crippen LogP contribution in [0.25, 0.3) is 11.0 Å². The van der Waals surface area contributed by atoms with Crippen molar-refractivity contribution in [1.29, 1.82) is 0 Å². The number of carbonyl (C=O) groups excluding carboxylic acids is 2. The second kappa shape index (κ2) is 9.53. The van der Waals surface area contributed by atoms with Gasteiger partial charge in [-0.2, -0.15) is 0 Å². The molecule has 3 aromatic rings. The molecule has 1 aromatic heterocycles. The fourth-order valence-corrected chi connectivity index (χ4v) is 4.49. The largest absolute Gasteiger partial charge is 0.323 e. The molecule has 0 bridgehead atoms. The van der Waals surface area contributed by atoms with E-state index in [0.29, 0.717) is 21.7 Å². The third-order valence-electron chi connectivity index (χ3n) is 5.79. The second-order valence-electron chi connectivity index (χ2n) is 8.02. The van der Waals surface area contributed by atoms with Crippen LogP contribution in [0.4, 0.5) is 11.5 Å². The van der Waals surface area contributed by atoms with E-state index in [1.807, 2.05) is 6.07 Å². The predicted octanol–water partition coefficient (Wildman–Crippen LogP) is 4.37. The molecule has 8 heteroatoms. The Morgan fingerprint density at radius 1 is 1.09 bits per heavy atom. The molecular weight excluding hydrogens is 428 g/mol. The van der Waals surface area contributed by atoms with Crippen LogP contribution in [0.15, 0.2) is 53.3 Å². The molecule has 1 aliphatic rings. The van der Waals surface area contributed by atoms with Crippen LogP contribution in [0.1, 0.15) is 39.0 Å². The Bertz CT molecular complexity index is 1220. The quantitative estimate of drug-likeness (QED) is 0.622. The van der Waals surface area contributed by atoms with Gasteiger partial charge in [0.15, 0.2) is 0 Å². The van der Waals surface area contributed by atoms with Gasteiger partial charge in [-0.3, -0.25) is 23.9 Å². The first-order valence-electron chi connectivity index (χ1n) is 10.8. The smallest absolute Gasteiger partial charge is 0.294 e. The van der Waals surface area contributed by atoms with Crippen LogP contribution >= 0.6 is 11.6 Å². The summed E-state index contributed by atoms with van der Waals surface area (Å²) in [4.78, 5) is 45.0. The molecule has 2 aromatic carbocycles. The highest BCUT2D eigenvalue weighted by Crippen LogP contribution is 2.26. The number of amides is 2. The summed E-state index contributed by atoms with van der Waals surface area (Å²) in [5, 5.41) is 3.16. The van der Waals surface area contributed by atoms with Gasteiger partial charge in [-0.1, -0.05) is 55.1 Å². The van der Waals surface area contributed by atoms with Gasteiger partial charge in [0, 0.05) is 13.0 Å². The lowest BCUT2D eigenvalue weighted by Gasteiger charge is -2.32. The first-order chi connectivity index (χ1) is 15.5. The monoisotopic (exact) mass is 452 g/mol. The number of hydrogen-bond acceptors (Lipinski definition) is 4. The molecule has 2 amide bonds. The van der Waals surface area contributed by atoms with E-state index in [9.17, 15) is 14.4 Å². The average molecular weight is 453 g/mol. The average Bonchev–Trinajstić information content (AvgIpc) is 2.78. The molecule has 32 heavy (non-hydrogen) atoms. The molecule has 1 aliphatic carbocycles. The Balaban J connectivity index is 1.75. The van der Waals surface area contributed by atoms with Crippen molar-refractivity contribution in [2.75, 3.05) is 10.2 Å². The maximum atomic E-state index is 13.5. The van der Waals surface area contributed by atoms with Gasteiger partial charge in [0.2, 0.25) is 17.6 Å². The zero-order chi connectivity index (χ0) is 22.7. The van der Waals surface area contributed by atoms with E-state index in [1.165, 1.54) is 16.4 Å². The fraction of sp³-hybridized carbons (Fsp3) is 0.333. The zero-order valence-corrected chi connectivity index (χ0v) is 18.6. The van der Waals surface area contributed by atoms with Crippen molar-refractivity contribution in [3.63, 3.8) is 0 Å². The molecule has 0 saturated heterocycles. The van der Waals surface area contributed by atoms with E-state index in [2.05, 4.69) is 10.3 Å². The molecule has 0 atom stereocenters. The number of anilines is 2. The number of aromatic nitrogens is 2. The van der Waals surface area contributed by atoms with Crippen molar-refractivity contribution in [3.8, 4) is 0 Å². The van der Waals surface area contributed by atoms with Crippen LogP contribution in [0.5, 0.6) is 0 Å². The molecule has 0 spiro atoms. The first kappa shape index (κ1) is 22.0. The molecule has 1 N–H and O–H groups in total. The van der Waals surface area contributed by atoms with Gasteiger partial charge in [0.25, 0.3) is 5.56 Å². The number of carbonyl (C=O) groups is 2. The molecule has 1 saturated carbocycles. The number of para-hydroxylation sites is 3.